The molecule has 0 spiro atoms. The fourth-order valence-electron chi connectivity index (χ4n) is 3.58. The van der Waals surface area contributed by atoms with Crippen LogP contribution in [-0.4, -0.2) is 37.3 Å². The topological polar surface area (TPSA) is 110 Å². The molecule has 0 aliphatic heterocycles. The summed E-state index contributed by atoms with van der Waals surface area (Å²) in [5.41, 5.74) is 1.40. The van der Waals surface area contributed by atoms with E-state index in [9.17, 15) is 4.79 Å². The molecule has 0 radical (unpaired) electrons. The first kappa shape index (κ1) is 17.4. The number of hydrogen-bond acceptors (Lipinski definition) is 6. The maximum Gasteiger partial charge on any atom is 0.239 e. The minimum Gasteiger partial charge on any atom is -0.353 e. The Kier molecular flexibility index (Phi) is 5.22. The van der Waals surface area contributed by atoms with Crippen molar-refractivity contribution in [2.75, 3.05) is 0 Å². The van der Waals surface area contributed by atoms with Crippen molar-refractivity contribution in [2.24, 2.45) is 0 Å². The van der Waals surface area contributed by atoms with Crippen molar-refractivity contribution >= 4 is 5.91 Å². The summed E-state index contributed by atoms with van der Waals surface area (Å²) in [6.07, 6.45) is 6.37. The minimum atomic E-state index is 0.0255. The number of amides is 1. The molecule has 2 heterocycles. The van der Waals surface area contributed by atoms with E-state index in [1.807, 2.05) is 6.07 Å². The number of H-pyrrole nitrogens is 1. The summed E-state index contributed by atoms with van der Waals surface area (Å²) in [5.74, 6) is 1.85. The van der Waals surface area contributed by atoms with Gasteiger partial charge in [0.05, 0.1) is 0 Å². The monoisotopic (exact) mass is 366 g/mol. The molecule has 1 aliphatic rings. The van der Waals surface area contributed by atoms with Gasteiger partial charge in [-0.2, -0.15) is 10.1 Å². The second-order valence-electron chi connectivity index (χ2n) is 6.87. The number of benzene rings is 1. The van der Waals surface area contributed by atoms with Gasteiger partial charge >= 0.3 is 0 Å². The molecule has 0 unspecified atom stereocenters. The number of carbonyl (C=O) groups excluding carboxylic acids is 1. The summed E-state index contributed by atoms with van der Waals surface area (Å²) in [6, 6.07) is 10.9. The molecule has 1 aliphatic carbocycles. The lowest BCUT2D eigenvalue weighted by molar-refractivity contribution is -0.122. The molecule has 140 valence electrons. The predicted octanol–water partition coefficient (Wildman–Crippen LogP) is 2.63. The number of rotatable bonds is 6. The van der Waals surface area contributed by atoms with E-state index in [1.54, 1.807) is 0 Å². The second-order valence-corrected chi connectivity index (χ2v) is 6.87. The number of nitrogens with one attached hydrogen (secondary N) is 2. The largest absolute Gasteiger partial charge is 0.353 e. The molecule has 1 saturated carbocycles. The molecule has 3 aromatic rings. The van der Waals surface area contributed by atoms with E-state index >= 15 is 0 Å². The van der Waals surface area contributed by atoms with Crippen molar-refractivity contribution in [1.29, 1.82) is 0 Å². The molecule has 8 nitrogen and oxygen atoms in total. The lowest BCUT2D eigenvalue weighted by Crippen LogP contribution is -2.37. The van der Waals surface area contributed by atoms with Gasteiger partial charge in [-0.25, -0.2) is 4.98 Å². The quantitative estimate of drug-likeness (QED) is 0.694. The summed E-state index contributed by atoms with van der Waals surface area (Å²) < 4.78 is 5.16. The molecule has 2 aromatic heterocycles. The van der Waals surface area contributed by atoms with Crippen LogP contribution in [0.3, 0.4) is 0 Å². The van der Waals surface area contributed by atoms with Gasteiger partial charge in [-0.3, -0.25) is 9.89 Å². The summed E-state index contributed by atoms with van der Waals surface area (Å²) in [4.78, 5) is 20.4. The third-order valence-corrected chi connectivity index (χ3v) is 5.02. The van der Waals surface area contributed by atoms with Crippen LogP contribution in [0.5, 0.6) is 0 Å². The lowest BCUT2D eigenvalue weighted by Gasteiger charge is -2.29. The standard InChI is InChI=1S/C19H22N6O2/c26-16(10-11-17-23-19(25-27-17)18-20-12-21-24-18)22-15-8-6-14(7-9-15)13-4-2-1-3-5-13/h1-5,12,14-15H,6-11H2,(H,22,26)(H,20,21,24). The van der Waals surface area contributed by atoms with E-state index in [4.69, 9.17) is 4.52 Å². The average Bonchev–Trinajstić information content (AvgIpc) is 3.39. The first-order valence-corrected chi connectivity index (χ1v) is 9.30. The minimum absolute atomic E-state index is 0.0255. The van der Waals surface area contributed by atoms with Crippen molar-refractivity contribution in [3.05, 3.63) is 48.1 Å². The van der Waals surface area contributed by atoms with Crippen molar-refractivity contribution in [1.82, 2.24) is 30.6 Å². The first-order chi connectivity index (χ1) is 13.3. The Morgan fingerprint density at radius 2 is 2.00 bits per heavy atom. The molecule has 8 heteroatoms. The van der Waals surface area contributed by atoms with E-state index in [2.05, 4.69) is 54.9 Å². The molecule has 1 aromatic carbocycles. The molecule has 27 heavy (non-hydrogen) atoms. The van der Waals surface area contributed by atoms with Crippen LogP contribution in [0.25, 0.3) is 11.6 Å². The van der Waals surface area contributed by atoms with Crippen LogP contribution < -0.4 is 5.32 Å². The van der Waals surface area contributed by atoms with Gasteiger partial charge in [0.2, 0.25) is 17.6 Å². The highest BCUT2D eigenvalue weighted by Gasteiger charge is 2.23. The Morgan fingerprint density at radius 3 is 2.74 bits per heavy atom. The van der Waals surface area contributed by atoms with E-state index in [1.165, 1.54) is 11.9 Å². The smallest absolute Gasteiger partial charge is 0.239 e. The van der Waals surface area contributed by atoms with Crippen molar-refractivity contribution in [3.63, 3.8) is 0 Å². The highest BCUT2D eigenvalue weighted by atomic mass is 16.5. The maximum atomic E-state index is 12.2. The number of aromatic nitrogens is 5. The maximum absolute atomic E-state index is 12.2. The van der Waals surface area contributed by atoms with Crippen LogP contribution in [-0.2, 0) is 11.2 Å². The normalized spacial score (nSPS) is 19.7. The van der Waals surface area contributed by atoms with Gasteiger partial charge in [0, 0.05) is 18.9 Å². The fourth-order valence-corrected chi connectivity index (χ4v) is 3.58. The third kappa shape index (κ3) is 4.39. The van der Waals surface area contributed by atoms with E-state index in [0.717, 1.165) is 25.7 Å². The number of aromatic amines is 1. The summed E-state index contributed by atoms with van der Waals surface area (Å²) in [6.45, 7) is 0. The van der Waals surface area contributed by atoms with Crippen molar-refractivity contribution < 1.29 is 9.32 Å². The molecule has 4 rings (SSSR count). The number of aryl methyl sites for hydroxylation is 1. The van der Waals surface area contributed by atoms with Gasteiger partial charge in [-0.05, 0) is 37.2 Å². The zero-order valence-electron chi connectivity index (χ0n) is 15.0. The molecule has 1 amide bonds. The Hall–Kier alpha value is -3.03. The van der Waals surface area contributed by atoms with Gasteiger partial charge in [0.1, 0.15) is 6.33 Å². The second kappa shape index (κ2) is 8.11. The predicted molar refractivity (Wildman–Crippen MR) is 97.6 cm³/mol. The van der Waals surface area contributed by atoms with Crippen LogP contribution in [0.4, 0.5) is 0 Å². The Labute approximate surface area is 156 Å². The Bertz CT molecular complexity index is 853. The third-order valence-electron chi connectivity index (χ3n) is 5.02. The highest BCUT2D eigenvalue weighted by Crippen LogP contribution is 2.32. The zero-order chi connectivity index (χ0) is 18.5. The summed E-state index contributed by atoms with van der Waals surface area (Å²) in [5, 5.41) is 13.4. The van der Waals surface area contributed by atoms with Crippen molar-refractivity contribution in [3.8, 4) is 11.6 Å². The van der Waals surface area contributed by atoms with Crippen LogP contribution in [0, 0.1) is 0 Å². The van der Waals surface area contributed by atoms with Gasteiger partial charge in [0.15, 0.2) is 5.82 Å². The van der Waals surface area contributed by atoms with E-state index < -0.39 is 0 Å². The van der Waals surface area contributed by atoms with Crippen LogP contribution >= 0.6 is 0 Å². The number of nitrogens with zero attached hydrogens (tertiary/aromatic N) is 4. The van der Waals surface area contributed by atoms with E-state index in [-0.39, 0.29) is 11.9 Å². The van der Waals surface area contributed by atoms with Gasteiger partial charge in [-0.1, -0.05) is 35.5 Å². The summed E-state index contributed by atoms with van der Waals surface area (Å²) >= 11 is 0. The summed E-state index contributed by atoms with van der Waals surface area (Å²) in [7, 11) is 0. The Balaban J connectivity index is 1.21. The molecule has 0 saturated heterocycles. The van der Waals surface area contributed by atoms with Gasteiger partial charge in [-0.15, -0.1) is 0 Å². The molecule has 1 fully saturated rings. The highest BCUT2D eigenvalue weighted by molar-refractivity contribution is 5.76. The van der Waals surface area contributed by atoms with Crippen LogP contribution in [0.15, 0.2) is 41.2 Å². The van der Waals surface area contributed by atoms with Crippen molar-refractivity contribution in [2.45, 2.75) is 50.5 Å². The molecular formula is C19H22N6O2. The van der Waals surface area contributed by atoms with Crippen LogP contribution in [0.2, 0.25) is 0 Å². The molecular weight excluding hydrogens is 344 g/mol. The molecule has 0 atom stereocenters. The lowest BCUT2D eigenvalue weighted by atomic mass is 9.82. The van der Waals surface area contributed by atoms with Gasteiger partial charge < -0.3 is 9.84 Å². The fraction of sp³-hybridized carbons (Fsp3) is 0.421. The first-order valence-electron chi connectivity index (χ1n) is 9.30. The number of carbonyl (C=O) groups is 1. The average molecular weight is 366 g/mol. The number of hydrogen-bond donors (Lipinski definition) is 2. The Morgan fingerprint density at radius 1 is 1.19 bits per heavy atom. The molecule has 0 bridgehead atoms. The zero-order valence-corrected chi connectivity index (χ0v) is 15.0. The van der Waals surface area contributed by atoms with E-state index in [0.29, 0.717) is 36.3 Å². The van der Waals surface area contributed by atoms with Crippen LogP contribution in [0.1, 0.15) is 49.5 Å². The van der Waals surface area contributed by atoms with Gasteiger partial charge in [0.25, 0.3) is 0 Å². The SMILES string of the molecule is O=C(CCc1nc(-c2ncn[nH]2)no1)NC1CCC(c2ccccc2)CC1. The molecule has 2 N–H and O–H groups in total.